The van der Waals surface area contributed by atoms with Crippen molar-refractivity contribution < 1.29 is 9.50 Å². The minimum atomic E-state index is -0.701. The van der Waals surface area contributed by atoms with Crippen molar-refractivity contribution in [3.05, 3.63) is 35.1 Å². The lowest BCUT2D eigenvalue weighted by Crippen LogP contribution is -2.48. The number of hydrogen-bond donors (Lipinski definition) is 1. The molecule has 1 N–H and O–H groups in total. The van der Waals surface area contributed by atoms with Gasteiger partial charge in [-0.1, -0.05) is 26.0 Å². The third-order valence-corrected chi connectivity index (χ3v) is 3.76. The molecule has 0 radical (unpaired) electrons. The lowest BCUT2D eigenvalue weighted by Gasteiger charge is -2.41. The summed E-state index contributed by atoms with van der Waals surface area (Å²) in [5.41, 5.74) is 0.826. The van der Waals surface area contributed by atoms with Gasteiger partial charge in [0.15, 0.2) is 0 Å². The van der Waals surface area contributed by atoms with E-state index in [1.54, 1.807) is 19.1 Å². The first-order chi connectivity index (χ1) is 8.34. The van der Waals surface area contributed by atoms with Gasteiger partial charge in [-0.2, -0.15) is 0 Å². The minimum absolute atomic E-state index is 0.262. The Morgan fingerprint density at radius 3 is 2.28 bits per heavy atom. The fourth-order valence-electron chi connectivity index (χ4n) is 2.40. The third kappa shape index (κ3) is 2.90. The summed E-state index contributed by atoms with van der Waals surface area (Å²) in [4.78, 5) is 2.18. The summed E-state index contributed by atoms with van der Waals surface area (Å²) >= 11 is 0. The van der Waals surface area contributed by atoms with Crippen LogP contribution in [-0.4, -0.2) is 28.6 Å². The fraction of sp³-hybridized carbons (Fsp3) is 0.600. The van der Waals surface area contributed by atoms with Gasteiger partial charge in [0.2, 0.25) is 0 Å². The lowest BCUT2D eigenvalue weighted by atomic mass is 9.89. The second-order valence-corrected chi connectivity index (χ2v) is 5.24. The Morgan fingerprint density at radius 1 is 1.28 bits per heavy atom. The molecule has 3 heteroatoms. The maximum Gasteiger partial charge on any atom is 0.126 e. The second-order valence-electron chi connectivity index (χ2n) is 5.24. The van der Waals surface area contributed by atoms with Crippen LogP contribution in [-0.2, 0) is 0 Å². The van der Waals surface area contributed by atoms with Gasteiger partial charge in [0, 0.05) is 5.54 Å². The first-order valence-corrected chi connectivity index (χ1v) is 6.53. The number of aliphatic hydroxyl groups is 1. The van der Waals surface area contributed by atoms with E-state index in [-0.39, 0.29) is 5.82 Å². The van der Waals surface area contributed by atoms with Crippen LogP contribution in [0.1, 0.15) is 44.9 Å². The number of rotatable bonds is 5. The molecule has 18 heavy (non-hydrogen) atoms. The number of aryl methyl sites for hydroxylation is 1. The van der Waals surface area contributed by atoms with Crippen molar-refractivity contribution in [2.75, 3.05) is 13.1 Å². The maximum absolute atomic E-state index is 13.6. The molecule has 0 saturated carbocycles. The number of likely N-dealkylation sites (N-methyl/N-ethyl adjacent to an activating group) is 1. The highest BCUT2D eigenvalue weighted by molar-refractivity contribution is 5.26. The Hall–Kier alpha value is -0.930. The fourth-order valence-corrected chi connectivity index (χ4v) is 2.40. The van der Waals surface area contributed by atoms with E-state index in [2.05, 4.69) is 18.7 Å². The van der Waals surface area contributed by atoms with Gasteiger partial charge in [-0.3, -0.25) is 4.90 Å². The average Bonchev–Trinajstić information content (AvgIpc) is 2.33. The molecule has 1 atom stereocenters. The standard InChI is InChI=1S/C15H24FNO/c1-6-17(7-2)15(4,5)14(18)12-9-8-11(3)13(16)10-12/h8-10,14,18H,6-7H2,1-5H3. The number of benzene rings is 1. The van der Waals surface area contributed by atoms with E-state index in [1.165, 1.54) is 6.07 Å². The van der Waals surface area contributed by atoms with Crippen molar-refractivity contribution >= 4 is 0 Å². The van der Waals surface area contributed by atoms with Crippen molar-refractivity contribution in [2.45, 2.75) is 46.3 Å². The molecule has 1 rings (SSSR count). The van der Waals surface area contributed by atoms with Gasteiger partial charge in [0.05, 0.1) is 6.10 Å². The summed E-state index contributed by atoms with van der Waals surface area (Å²) in [6, 6.07) is 4.95. The quantitative estimate of drug-likeness (QED) is 0.870. The van der Waals surface area contributed by atoms with Crippen LogP contribution in [0.3, 0.4) is 0 Å². The van der Waals surface area contributed by atoms with Gasteiger partial charge >= 0.3 is 0 Å². The number of aliphatic hydroxyl groups excluding tert-OH is 1. The summed E-state index contributed by atoms with van der Waals surface area (Å²) in [5, 5.41) is 10.5. The summed E-state index contributed by atoms with van der Waals surface area (Å²) in [6.45, 7) is 11.5. The van der Waals surface area contributed by atoms with Crippen LogP contribution in [0, 0.1) is 12.7 Å². The van der Waals surface area contributed by atoms with Gasteiger partial charge in [-0.15, -0.1) is 0 Å². The van der Waals surface area contributed by atoms with Crippen LogP contribution in [0.4, 0.5) is 4.39 Å². The van der Waals surface area contributed by atoms with Crippen LogP contribution < -0.4 is 0 Å². The Balaban J connectivity index is 3.04. The Kier molecular flexibility index (Phi) is 4.88. The summed E-state index contributed by atoms with van der Waals surface area (Å²) in [7, 11) is 0. The van der Waals surface area contributed by atoms with Crippen molar-refractivity contribution in [1.82, 2.24) is 4.90 Å². The highest BCUT2D eigenvalue weighted by atomic mass is 19.1. The molecule has 0 aromatic heterocycles. The van der Waals surface area contributed by atoms with Crippen LogP contribution in [0.5, 0.6) is 0 Å². The van der Waals surface area contributed by atoms with E-state index >= 15 is 0 Å². The molecule has 0 aliphatic rings. The Labute approximate surface area is 109 Å². The minimum Gasteiger partial charge on any atom is -0.386 e. The molecule has 1 aromatic rings. The van der Waals surface area contributed by atoms with Crippen molar-refractivity contribution in [3.8, 4) is 0 Å². The number of hydrogen-bond acceptors (Lipinski definition) is 2. The van der Waals surface area contributed by atoms with E-state index in [9.17, 15) is 9.50 Å². The predicted octanol–water partition coefficient (Wildman–Crippen LogP) is 3.29. The van der Waals surface area contributed by atoms with Gasteiger partial charge in [0.25, 0.3) is 0 Å². The molecule has 0 spiro atoms. The normalized spacial score (nSPS) is 14.0. The molecule has 1 unspecified atom stereocenters. The van der Waals surface area contributed by atoms with E-state index in [0.29, 0.717) is 11.1 Å². The average molecular weight is 253 g/mol. The van der Waals surface area contributed by atoms with Gasteiger partial charge in [-0.05, 0) is 51.1 Å². The first-order valence-electron chi connectivity index (χ1n) is 6.53. The molecule has 102 valence electrons. The second kappa shape index (κ2) is 5.81. The van der Waals surface area contributed by atoms with Crippen molar-refractivity contribution in [2.24, 2.45) is 0 Å². The highest BCUT2D eigenvalue weighted by Crippen LogP contribution is 2.31. The molecule has 0 bridgehead atoms. The van der Waals surface area contributed by atoms with Gasteiger partial charge in [-0.25, -0.2) is 4.39 Å². The summed E-state index contributed by atoms with van der Waals surface area (Å²) in [5.74, 6) is -0.262. The van der Waals surface area contributed by atoms with E-state index in [0.717, 1.165) is 13.1 Å². The predicted molar refractivity (Wildman–Crippen MR) is 73.1 cm³/mol. The smallest absolute Gasteiger partial charge is 0.126 e. The molecule has 0 heterocycles. The van der Waals surface area contributed by atoms with Crippen LogP contribution >= 0.6 is 0 Å². The Bertz CT molecular complexity index is 399. The van der Waals surface area contributed by atoms with Gasteiger partial charge in [0.1, 0.15) is 5.82 Å². The third-order valence-electron chi connectivity index (χ3n) is 3.76. The SMILES string of the molecule is CCN(CC)C(C)(C)C(O)c1ccc(C)c(F)c1. The molecule has 0 saturated heterocycles. The molecule has 0 amide bonds. The zero-order valence-corrected chi connectivity index (χ0v) is 12.0. The molecule has 0 aliphatic heterocycles. The summed E-state index contributed by atoms with van der Waals surface area (Å²) in [6.07, 6.45) is -0.701. The zero-order chi connectivity index (χ0) is 13.9. The maximum atomic E-state index is 13.6. The van der Waals surface area contributed by atoms with Crippen LogP contribution in [0.25, 0.3) is 0 Å². The molecule has 0 aliphatic carbocycles. The van der Waals surface area contributed by atoms with E-state index < -0.39 is 11.6 Å². The van der Waals surface area contributed by atoms with Crippen LogP contribution in [0.15, 0.2) is 18.2 Å². The molecular formula is C15H24FNO. The zero-order valence-electron chi connectivity index (χ0n) is 12.0. The first kappa shape index (κ1) is 15.1. The van der Waals surface area contributed by atoms with Crippen molar-refractivity contribution in [1.29, 1.82) is 0 Å². The highest BCUT2D eigenvalue weighted by Gasteiger charge is 2.33. The topological polar surface area (TPSA) is 23.5 Å². The Morgan fingerprint density at radius 2 is 1.83 bits per heavy atom. The van der Waals surface area contributed by atoms with E-state index in [1.807, 2.05) is 13.8 Å². The molecule has 1 aromatic carbocycles. The largest absolute Gasteiger partial charge is 0.386 e. The number of nitrogens with zero attached hydrogens (tertiary/aromatic N) is 1. The van der Waals surface area contributed by atoms with Crippen molar-refractivity contribution in [3.63, 3.8) is 0 Å². The lowest BCUT2D eigenvalue weighted by molar-refractivity contribution is -0.00641. The molecular weight excluding hydrogens is 229 g/mol. The summed E-state index contributed by atoms with van der Waals surface area (Å²) < 4.78 is 13.6. The molecule has 2 nitrogen and oxygen atoms in total. The monoisotopic (exact) mass is 253 g/mol. The number of halogens is 1. The van der Waals surface area contributed by atoms with E-state index in [4.69, 9.17) is 0 Å². The molecule has 0 fully saturated rings. The van der Waals surface area contributed by atoms with Crippen LogP contribution in [0.2, 0.25) is 0 Å². The van der Waals surface area contributed by atoms with Gasteiger partial charge < -0.3 is 5.11 Å².